The van der Waals surface area contributed by atoms with Crippen LogP contribution in [0.25, 0.3) is 11.1 Å². The molecule has 0 saturated heterocycles. The monoisotopic (exact) mass is 229 g/mol. The molecule has 17 heavy (non-hydrogen) atoms. The lowest BCUT2D eigenvalue weighted by atomic mass is 10.0. The van der Waals surface area contributed by atoms with Gasteiger partial charge in [-0.2, -0.15) is 0 Å². The second kappa shape index (κ2) is 5.12. The van der Waals surface area contributed by atoms with Crippen molar-refractivity contribution in [1.29, 1.82) is 0 Å². The first-order valence-corrected chi connectivity index (χ1v) is 5.17. The van der Waals surface area contributed by atoms with Crippen molar-refractivity contribution in [2.24, 2.45) is 0 Å². The van der Waals surface area contributed by atoms with E-state index in [0.717, 1.165) is 16.7 Å². The SMILES string of the molecule is O=[N+]([O-])OCc1ccc(-c2ccccc2)cc1. The van der Waals surface area contributed by atoms with E-state index in [2.05, 4.69) is 4.84 Å². The summed E-state index contributed by atoms with van der Waals surface area (Å²) >= 11 is 0. The van der Waals surface area contributed by atoms with Crippen molar-refractivity contribution in [3.63, 3.8) is 0 Å². The first-order chi connectivity index (χ1) is 8.25. The molecule has 2 rings (SSSR count). The van der Waals surface area contributed by atoms with Crippen LogP contribution in [0.5, 0.6) is 0 Å². The fourth-order valence-corrected chi connectivity index (χ4v) is 1.55. The molecule has 0 unspecified atom stereocenters. The first kappa shape index (κ1) is 11.1. The van der Waals surface area contributed by atoms with Gasteiger partial charge in [0.25, 0.3) is 5.09 Å². The Balaban J connectivity index is 2.11. The molecule has 4 heteroatoms. The topological polar surface area (TPSA) is 52.4 Å². The molecule has 0 N–H and O–H groups in total. The first-order valence-electron chi connectivity index (χ1n) is 5.17. The van der Waals surface area contributed by atoms with Crippen LogP contribution in [0.4, 0.5) is 0 Å². The maximum absolute atomic E-state index is 10.0. The maximum atomic E-state index is 10.0. The fourth-order valence-electron chi connectivity index (χ4n) is 1.55. The summed E-state index contributed by atoms with van der Waals surface area (Å²) in [6.07, 6.45) is 0. The third-order valence-electron chi connectivity index (χ3n) is 2.40. The molecule has 0 fully saturated rings. The average molecular weight is 229 g/mol. The Hall–Kier alpha value is -2.36. The number of hydrogen-bond acceptors (Lipinski definition) is 3. The van der Waals surface area contributed by atoms with Gasteiger partial charge in [-0.1, -0.05) is 54.6 Å². The molecule has 2 aromatic carbocycles. The Labute approximate surface area is 98.6 Å². The van der Waals surface area contributed by atoms with Gasteiger partial charge in [-0.25, -0.2) is 0 Å². The summed E-state index contributed by atoms with van der Waals surface area (Å²) in [7, 11) is 0. The molecule has 0 atom stereocenters. The quantitative estimate of drug-likeness (QED) is 0.598. The molecule has 0 bridgehead atoms. The van der Waals surface area contributed by atoms with E-state index >= 15 is 0 Å². The summed E-state index contributed by atoms with van der Waals surface area (Å²) in [5.74, 6) is 0. The predicted octanol–water partition coefficient (Wildman–Crippen LogP) is 3.06. The van der Waals surface area contributed by atoms with Gasteiger partial charge in [0.2, 0.25) is 0 Å². The van der Waals surface area contributed by atoms with Crippen molar-refractivity contribution < 1.29 is 9.92 Å². The minimum atomic E-state index is -0.787. The molecule has 0 heterocycles. The van der Waals surface area contributed by atoms with Crippen LogP contribution in [0.3, 0.4) is 0 Å². The number of rotatable bonds is 4. The van der Waals surface area contributed by atoms with Gasteiger partial charge in [-0.15, -0.1) is 10.1 Å². The maximum Gasteiger partial charge on any atom is 0.294 e. The second-order valence-corrected chi connectivity index (χ2v) is 3.56. The largest absolute Gasteiger partial charge is 0.309 e. The molecule has 0 aromatic heterocycles. The van der Waals surface area contributed by atoms with Crippen molar-refractivity contribution in [3.05, 3.63) is 70.3 Å². The number of hydrogen-bond donors (Lipinski definition) is 0. The van der Waals surface area contributed by atoms with Crippen molar-refractivity contribution in [2.45, 2.75) is 6.61 Å². The molecule has 86 valence electrons. The van der Waals surface area contributed by atoms with E-state index in [0.29, 0.717) is 0 Å². The lowest BCUT2D eigenvalue weighted by Crippen LogP contribution is -2.00. The van der Waals surface area contributed by atoms with Gasteiger partial charge >= 0.3 is 0 Å². The summed E-state index contributed by atoms with van der Waals surface area (Å²) in [4.78, 5) is 14.3. The molecule has 0 amide bonds. The zero-order valence-corrected chi connectivity index (χ0v) is 9.08. The Bertz CT molecular complexity index is 494. The van der Waals surface area contributed by atoms with E-state index in [1.807, 2.05) is 54.6 Å². The van der Waals surface area contributed by atoms with Crippen LogP contribution in [0.1, 0.15) is 5.56 Å². The van der Waals surface area contributed by atoms with Gasteiger partial charge in [0.15, 0.2) is 0 Å². The van der Waals surface area contributed by atoms with Gasteiger partial charge in [0.05, 0.1) is 0 Å². The fraction of sp³-hybridized carbons (Fsp3) is 0.0769. The van der Waals surface area contributed by atoms with Crippen LogP contribution in [0, 0.1) is 10.1 Å². The summed E-state index contributed by atoms with van der Waals surface area (Å²) in [5, 5.41) is 9.26. The van der Waals surface area contributed by atoms with E-state index in [9.17, 15) is 10.1 Å². The van der Waals surface area contributed by atoms with Crippen molar-refractivity contribution in [3.8, 4) is 11.1 Å². The Kier molecular flexibility index (Phi) is 3.35. The Morgan fingerprint density at radius 1 is 0.941 bits per heavy atom. The highest BCUT2D eigenvalue weighted by molar-refractivity contribution is 5.63. The highest BCUT2D eigenvalue weighted by atomic mass is 16.9. The predicted molar refractivity (Wildman–Crippen MR) is 63.7 cm³/mol. The van der Waals surface area contributed by atoms with E-state index in [-0.39, 0.29) is 6.61 Å². The Morgan fingerprint density at radius 2 is 1.53 bits per heavy atom. The summed E-state index contributed by atoms with van der Waals surface area (Å²) < 4.78 is 0. The van der Waals surface area contributed by atoms with Crippen LogP contribution in [-0.2, 0) is 11.4 Å². The third kappa shape index (κ3) is 3.04. The molecule has 0 spiro atoms. The van der Waals surface area contributed by atoms with Crippen molar-refractivity contribution in [2.75, 3.05) is 0 Å². The molecule has 0 aliphatic carbocycles. The van der Waals surface area contributed by atoms with Gasteiger partial charge in [-0.3, -0.25) is 0 Å². The van der Waals surface area contributed by atoms with Crippen LogP contribution in [0.2, 0.25) is 0 Å². The summed E-state index contributed by atoms with van der Waals surface area (Å²) in [6, 6.07) is 17.4. The van der Waals surface area contributed by atoms with E-state index in [1.54, 1.807) is 0 Å². The van der Waals surface area contributed by atoms with E-state index in [4.69, 9.17) is 0 Å². The zero-order chi connectivity index (χ0) is 12.1. The molecule has 4 nitrogen and oxygen atoms in total. The number of benzene rings is 2. The zero-order valence-electron chi connectivity index (χ0n) is 9.08. The molecular formula is C13H11NO3. The number of nitrogens with zero attached hydrogens (tertiary/aromatic N) is 1. The molecule has 2 aromatic rings. The smallest absolute Gasteiger partial charge is 0.294 e. The minimum Gasteiger partial charge on any atom is -0.309 e. The van der Waals surface area contributed by atoms with Gasteiger partial charge in [0.1, 0.15) is 6.61 Å². The van der Waals surface area contributed by atoms with E-state index in [1.165, 1.54) is 0 Å². The standard InChI is InChI=1S/C13H11NO3/c15-14(16)17-10-11-6-8-13(9-7-11)12-4-2-1-3-5-12/h1-9H,10H2. The van der Waals surface area contributed by atoms with Crippen molar-refractivity contribution in [1.82, 2.24) is 0 Å². The highest BCUT2D eigenvalue weighted by Crippen LogP contribution is 2.19. The molecule has 0 aliphatic heterocycles. The second-order valence-electron chi connectivity index (χ2n) is 3.56. The highest BCUT2D eigenvalue weighted by Gasteiger charge is 1.99. The lowest BCUT2D eigenvalue weighted by Gasteiger charge is -2.03. The third-order valence-corrected chi connectivity index (χ3v) is 2.40. The van der Waals surface area contributed by atoms with Crippen LogP contribution in [-0.4, -0.2) is 5.09 Å². The molecule has 0 radical (unpaired) electrons. The van der Waals surface area contributed by atoms with Crippen LogP contribution < -0.4 is 0 Å². The van der Waals surface area contributed by atoms with Gasteiger partial charge in [0, 0.05) is 0 Å². The normalized spacial score (nSPS) is 9.88. The lowest BCUT2D eigenvalue weighted by molar-refractivity contribution is -0.763. The minimum absolute atomic E-state index is 0.0118. The average Bonchev–Trinajstić information content (AvgIpc) is 2.38. The van der Waals surface area contributed by atoms with E-state index < -0.39 is 5.09 Å². The summed E-state index contributed by atoms with van der Waals surface area (Å²) in [5.41, 5.74) is 2.98. The van der Waals surface area contributed by atoms with Crippen LogP contribution >= 0.6 is 0 Å². The van der Waals surface area contributed by atoms with Gasteiger partial charge in [-0.05, 0) is 16.7 Å². The molecule has 0 saturated carbocycles. The van der Waals surface area contributed by atoms with Gasteiger partial charge < -0.3 is 4.84 Å². The van der Waals surface area contributed by atoms with Crippen LogP contribution in [0.15, 0.2) is 54.6 Å². The van der Waals surface area contributed by atoms with Crippen molar-refractivity contribution >= 4 is 0 Å². The molecule has 0 aliphatic rings. The molecular weight excluding hydrogens is 218 g/mol. The summed E-state index contributed by atoms with van der Waals surface area (Å²) in [6.45, 7) is -0.0118. The Morgan fingerprint density at radius 3 is 2.12 bits per heavy atom.